The maximum absolute atomic E-state index is 11.9. The van der Waals surface area contributed by atoms with E-state index in [2.05, 4.69) is 29.3 Å². The summed E-state index contributed by atoms with van der Waals surface area (Å²) in [6.45, 7) is 8.46. The fourth-order valence-corrected chi connectivity index (χ4v) is 3.27. The van der Waals surface area contributed by atoms with Gasteiger partial charge < -0.3 is 10.2 Å². The number of rotatable bonds is 7. The molecule has 2 rings (SSSR count). The summed E-state index contributed by atoms with van der Waals surface area (Å²) < 4.78 is 1.84. The number of halogens is 1. The lowest BCUT2D eigenvalue weighted by molar-refractivity contribution is -0.147. The smallest absolute Gasteiger partial charge is 0.229 e. The van der Waals surface area contributed by atoms with Crippen molar-refractivity contribution in [3.8, 4) is 0 Å². The van der Waals surface area contributed by atoms with Gasteiger partial charge in [0.15, 0.2) is 5.96 Å². The molecule has 28 heavy (non-hydrogen) atoms. The Morgan fingerprint density at radius 1 is 1.32 bits per heavy atom. The maximum Gasteiger partial charge on any atom is 0.229 e. The number of likely N-dealkylation sites (tertiary alicyclic amines) is 1. The molecule has 0 radical (unpaired) electrons. The normalized spacial score (nSPS) is 15.1. The number of aromatic nitrogens is 2. The van der Waals surface area contributed by atoms with Crippen molar-refractivity contribution < 1.29 is 9.59 Å². The van der Waals surface area contributed by atoms with E-state index in [1.807, 2.05) is 36.8 Å². The van der Waals surface area contributed by atoms with Crippen molar-refractivity contribution in [2.45, 2.75) is 52.5 Å². The van der Waals surface area contributed by atoms with E-state index in [4.69, 9.17) is 0 Å². The summed E-state index contributed by atoms with van der Waals surface area (Å²) in [4.78, 5) is 31.8. The van der Waals surface area contributed by atoms with Crippen LogP contribution < -0.4 is 5.32 Å². The van der Waals surface area contributed by atoms with Gasteiger partial charge in [-0.3, -0.25) is 24.2 Å². The average Bonchev–Trinajstić information content (AvgIpc) is 2.97. The van der Waals surface area contributed by atoms with Crippen LogP contribution in [0.25, 0.3) is 0 Å². The topological polar surface area (TPSA) is 82.8 Å². The number of carbonyl (C=O) groups excluding carboxylic acids is 2. The number of nitrogens with zero attached hydrogens (tertiary/aromatic N) is 5. The maximum atomic E-state index is 11.9. The minimum absolute atomic E-state index is 0. The van der Waals surface area contributed by atoms with Crippen molar-refractivity contribution in [1.82, 2.24) is 24.9 Å². The van der Waals surface area contributed by atoms with Gasteiger partial charge in [0.25, 0.3) is 0 Å². The van der Waals surface area contributed by atoms with Crippen LogP contribution >= 0.6 is 24.0 Å². The first kappa shape index (κ1) is 24.4. The van der Waals surface area contributed by atoms with Gasteiger partial charge in [-0.1, -0.05) is 13.8 Å². The zero-order valence-electron chi connectivity index (χ0n) is 17.6. The molecule has 0 aliphatic carbocycles. The Morgan fingerprint density at radius 2 is 1.96 bits per heavy atom. The van der Waals surface area contributed by atoms with Crippen LogP contribution in [0, 0.1) is 0 Å². The Labute approximate surface area is 184 Å². The molecule has 1 aromatic rings. The van der Waals surface area contributed by atoms with E-state index in [1.54, 1.807) is 0 Å². The molecule has 158 valence electrons. The lowest BCUT2D eigenvalue weighted by Gasteiger charge is -2.25. The Morgan fingerprint density at radius 3 is 2.54 bits per heavy atom. The van der Waals surface area contributed by atoms with Gasteiger partial charge >= 0.3 is 0 Å². The van der Waals surface area contributed by atoms with Gasteiger partial charge in [0.05, 0.1) is 12.2 Å². The lowest BCUT2D eigenvalue weighted by atomic mass is 10.1. The molecule has 2 heterocycles. The number of hydrogen-bond donors (Lipinski definition) is 1. The molecule has 1 aliphatic heterocycles. The molecule has 1 aromatic heterocycles. The zero-order chi connectivity index (χ0) is 20.0. The summed E-state index contributed by atoms with van der Waals surface area (Å²) in [5, 5.41) is 7.84. The Kier molecular flexibility index (Phi) is 9.91. The lowest BCUT2D eigenvalue weighted by Crippen LogP contribution is -2.42. The van der Waals surface area contributed by atoms with Crippen LogP contribution in [-0.4, -0.2) is 64.0 Å². The van der Waals surface area contributed by atoms with Crippen LogP contribution in [0.5, 0.6) is 0 Å². The van der Waals surface area contributed by atoms with Gasteiger partial charge in [0.1, 0.15) is 0 Å². The number of guanidine groups is 1. The van der Waals surface area contributed by atoms with E-state index in [-0.39, 0.29) is 35.8 Å². The van der Waals surface area contributed by atoms with E-state index in [9.17, 15) is 9.59 Å². The Balaban J connectivity index is 0.00000392. The standard InChI is InChI=1S/C19H32N6O2.HI/c1-6-20-19(21-10-11-25-16(26)8-7-9-17(25)27)23(4)12-15-13-24(5)22-18(15)14(2)3;/h13-14H,6-12H2,1-5H3,(H,20,21);1H. The molecular weight excluding hydrogens is 471 g/mol. The molecule has 8 nitrogen and oxygen atoms in total. The van der Waals surface area contributed by atoms with Crippen LogP contribution in [0.1, 0.15) is 57.2 Å². The number of imide groups is 1. The minimum atomic E-state index is -0.0864. The third-order valence-corrected chi connectivity index (χ3v) is 4.56. The van der Waals surface area contributed by atoms with E-state index >= 15 is 0 Å². The van der Waals surface area contributed by atoms with Crippen LogP contribution in [0.2, 0.25) is 0 Å². The predicted molar refractivity (Wildman–Crippen MR) is 121 cm³/mol. The molecule has 0 atom stereocenters. The number of hydrogen-bond acceptors (Lipinski definition) is 4. The van der Waals surface area contributed by atoms with Crippen molar-refractivity contribution in [3.63, 3.8) is 0 Å². The molecule has 0 saturated carbocycles. The molecule has 1 N–H and O–H groups in total. The van der Waals surface area contributed by atoms with Crippen molar-refractivity contribution in [2.75, 3.05) is 26.7 Å². The molecule has 0 unspecified atom stereocenters. The van der Waals surface area contributed by atoms with Crippen LogP contribution in [0.3, 0.4) is 0 Å². The molecule has 0 aromatic carbocycles. The minimum Gasteiger partial charge on any atom is -0.357 e. The molecule has 9 heteroatoms. The number of amides is 2. The van der Waals surface area contributed by atoms with E-state index in [0.717, 1.165) is 18.2 Å². The van der Waals surface area contributed by atoms with Gasteiger partial charge in [-0.05, 0) is 19.3 Å². The first-order chi connectivity index (χ1) is 12.8. The molecule has 1 aliphatic rings. The molecule has 0 spiro atoms. The highest BCUT2D eigenvalue weighted by Crippen LogP contribution is 2.18. The molecule has 1 saturated heterocycles. The Bertz CT molecular complexity index is 685. The second kappa shape index (κ2) is 11.4. The van der Waals surface area contributed by atoms with E-state index < -0.39 is 0 Å². The summed E-state index contributed by atoms with van der Waals surface area (Å²) >= 11 is 0. The van der Waals surface area contributed by atoms with Gasteiger partial charge in [0.2, 0.25) is 11.8 Å². The van der Waals surface area contributed by atoms with Crippen LogP contribution in [0.15, 0.2) is 11.2 Å². The third kappa shape index (κ3) is 6.46. The SMILES string of the molecule is CCNC(=NCCN1C(=O)CCCC1=O)N(C)Cc1cn(C)nc1C(C)C.I. The first-order valence-electron chi connectivity index (χ1n) is 9.68. The summed E-state index contributed by atoms with van der Waals surface area (Å²) in [5.74, 6) is 0.937. The number of aryl methyl sites for hydroxylation is 1. The van der Waals surface area contributed by atoms with Crippen molar-refractivity contribution >= 4 is 41.8 Å². The highest BCUT2D eigenvalue weighted by molar-refractivity contribution is 14.0. The van der Waals surface area contributed by atoms with E-state index in [1.165, 1.54) is 10.5 Å². The second-order valence-electron chi connectivity index (χ2n) is 7.25. The van der Waals surface area contributed by atoms with E-state index in [0.29, 0.717) is 44.8 Å². The van der Waals surface area contributed by atoms with Crippen LogP contribution in [-0.2, 0) is 23.2 Å². The molecule has 0 bridgehead atoms. The summed E-state index contributed by atoms with van der Waals surface area (Å²) in [6.07, 6.45) is 3.61. The quantitative estimate of drug-likeness (QED) is 0.266. The average molecular weight is 504 g/mol. The monoisotopic (exact) mass is 504 g/mol. The van der Waals surface area contributed by atoms with Crippen molar-refractivity contribution in [3.05, 3.63) is 17.5 Å². The number of piperidine rings is 1. The molecule has 2 amide bonds. The summed E-state index contributed by atoms with van der Waals surface area (Å²) in [7, 11) is 3.91. The number of aliphatic imine (C=N–C) groups is 1. The third-order valence-electron chi connectivity index (χ3n) is 4.56. The zero-order valence-corrected chi connectivity index (χ0v) is 19.9. The van der Waals surface area contributed by atoms with Gasteiger partial charge in [-0.25, -0.2) is 0 Å². The van der Waals surface area contributed by atoms with Gasteiger partial charge in [0, 0.05) is 58.3 Å². The van der Waals surface area contributed by atoms with Crippen molar-refractivity contribution in [1.29, 1.82) is 0 Å². The molecule has 1 fully saturated rings. The highest BCUT2D eigenvalue weighted by atomic mass is 127. The summed E-state index contributed by atoms with van der Waals surface area (Å²) in [6, 6.07) is 0. The summed E-state index contributed by atoms with van der Waals surface area (Å²) in [5.41, 5.74) is 2.26. The van der Waals surface area contributed by atoms with Crippen LogP contribution in [0.4, 0.5) is 0 Å². The fraction of sp³-hybridized carbons (Fsp3) is 0.684. The number of nitrogens with one attached hydrogen (secondary N) is 1. The van der Waals surface area contributed by atoms with Crippen molar-refractivity contribution in [2.24, 2.45) is 12.0 Å². The second-order valence-corrected chi connectivity index (χ2v) is 7.25. The first-order valence-corrected chi connectivity index (χ1v) is 9.68. The Hall–Kier alpha value is -1.65. The number of carbonyl (C=O) groups is 2. The largest absolute Gasteiger partial charge is 0.357 e. The van der Waals surface area contributed by atoms with Gasteiger partial charge in [-0.2, -0.15) is 5.10 Å². The fourth-order valence-electron chi connectivity index (χ4n) is 3.27. The molecular formula is C19H33IN6O2. The predicted octanol–water partition coefficient (Wildman–Crippen LogP) is 2.10. The highest BCUT2D eigenvalue weighted by Gasteiger charge is 2.25. The van der Waals surface area contributed by atoms with Gasteiger partial charge in [-0.15, -0.1) is 24.0 Å².